The summed E-state index contributed by atoms with van der Waals surface area (Å²) in [6.45, 7) is 0.491. The standard InChI is InChI=1S/C21H13F6N3/c22-16-4-1-11(9-17(16)23)12-7-8-28-10-15-13(12)2-3-14(20(15)24)18-5-6-19(30-29-18)21(25,26)27/h1-7,9,28H,8,10H2. The molecule has 9 heteroatoms. The van der Waals surface area contributed by atoms with Crippen LogP contribution in [0.1, 0.15) is 22.4 Å². The Morgan fingerprint density at radius 1 is 0.833 bits per heavy atom. The molecule has 30 heavy (non-hydrogen) atoms. The summed E-state index contributed by atoms with van der Waals surface area (Å²) in [4.78, 5) is 0. The van der Waals surface area contributed by atoms with E-state index in [1.807, 2.05) is 0 Å². The van der Waals surface area contributed by atoms with Crippen LogP contribution in [0, 0.1) is 17.5 Å². The lowest BCUT2D eigenvalue weighted by molar-refractivity contribution is -0.141. The fourth-order valence-electron chi connectivity index (χ4n) is 3.29. The fraction of sp³-hybridized carbons (Fsp3) is 0.143. The van der Waals surface area contributed by atoms with E-state index in [2.05, 4.69) is 15.5 Å². The van der Waals surface area contributed by atoms with E-state index >= 15 is 4.39 Å². The molecule has 0 unspecified atom stereocenters. The van der Waals surface area contributed by atoms with Gasteiger partial charge in [0.2, 0.25) is 0 Å². The second-order valence-corrected chi connectivity index (χ2v) is 6.63. The van der Waals surface area contributed by atoms with Gasteiger partial charge in [0.1, 0.15) is 5.82 Å². The third-order valence-electron chi connectivity index (χ3n) is 4.75. The Morgan fingerprint density at radius 3 is 2.27 bits per heavy atom. The van der Waals surface area contributed by atoms with E-state index in [9.17, 15) is 22.0 Å². The molecular formula is C21H13F6N3. The van der Waals surface area contributed by atoms with Gasteiger partial charge in [-0.25, -0.2) is 13.2 Å². The number of hydrogen-bond donors (Lipinski definition) is 1. The SMILES string of the molecule is Fc1ccc(C2=CCNCc3c2ccc(-c2ccc(C(F)(F)F)nn2)c3F)cc1F. The van der Waals surface area contributed by atoms with Gasteiger partial charge in [0, 0.05) is 24.2 Å². The minimum absolute atomic E-state index is 0.0108. The van der Waals surface area contributed by atoms with E-state index in [1.165, 1.54) is 12.1 Å². The molecule has 1 aliphatic heterocycles. The maximum Gasteiger partial charge on any atom is 0.435 e. The molecule has 0 atom stereocenters. The summed E-state index contributed by atoms with van der Waals surface area (Å²) in [7, 11) is 0. The molecule has 4 rings (SSSR count). The molecule has 2 aromatic carbocycles. The maximum absolute atomic E-state index is 15.3. The van der Waals surface area contributed by atoms with Crippen molar-refractivity contribution in [2.75, 3.05) is 6.54 Å². The third kappa shape index (κ3) is 3.68. The molecule has 154 valence electrons. The number of nitrogens with zero attached hydrogens (tertiary/aromatic N) is 2. The second kappa shape index (κ2) is 7.56. The summed E-state index contributed by atoms with van der Waals surface area (Å²) in [5, 5.41) is 9.65. The van der Waals surface area contributed by atoms with Crippen molar-refractivity contribution in [1.29, 1.82) is 0 Å². The van der Waals surface area contributed by atoms with Gasteiger partial charge in [0.15, 0.2) is 17.3 Å². The zero-order valence-corrected chi connectivity index (χ0v) is 15.2. The Morgan fingerprint density at radius 2 is 1.60 bits per heavy atom. The highest BCUT2D eigenvalue weighted by atomic mass is 19.4. The van der Waals surface area contributed by atoms with Crippen LogP contribution in [-0.2, 0) is 12.7 Å². The topological polar surface area (TPSA) is 37.8 Å². The number of hydrogen-bond acceptors (Lipinski definition) is 3. The van der Waals surface area contributed by atoms with E-state index in [1.54, 1.807) is 12.1 Å². The van der Waals surface area contributed by atoms with Gasteiger partial charge in [-0.3, -0.25) is 0 Å². The summed E-state index contributed by atoms with van der Waals surface area (Å²) < 4.78 is 80.4. The first-order valence-electron chi connectivity index (χ1n) is 8.85. The Balaban J connectivity index is 1.78. The Hall–Kier alpha value is -3.20. The lowest BCUT2D eigenvalue weighted by Crippen LogP contribution is -2.13. The third-order valence-corrected chi connectivity index (χ3v) is 4.75. The molecular weight excluding hydrogens is 408 g/mol. The molecule has 2 heterocycles. The number of nitrogens with one attached hydrogen (secondary N) is 1. The zero-order valence-electron chi connectivity index (χ0n) is 15.2. The average Bonchev–Trinajstić information content (AvgIpc) is 2.93. The monoisotopic (exact) mass is 421 g/mol. The summed E-state index contributed by atoms with van der Waals surface area (Å²) in [5.41, 5.74) is 0.355. The predicted molar refractivity (Wildman–Crippen MR) is 97.6 cm³/mol. The van der Waals surface area contributed by atoms with Crippen molar-refractivity contribution in [2.24, 2.45) is 0 Å². The van der Waals surface area contributed by atoms with Gasteiger partial charge in [0.05, 0.1) is 5.69 Å². The molecule has 0 radical (unpaired) electrons. The Labute approximate surface area is 167 Å². The number of fused-ring (bicyclic) bond motifs is 1. The summed E-state index contributed by atoms with van der Waals surface area (Å²) in [6, 6.07) is 8.16. The molecule has 0 aliphatic carbocycles. The van der Waals surface area contributed by atoms with Crippen molar-refractivity contribution in [3.05, 3.63) is 88.4 Å². The highest BCUT2D eigenvalue weighted by Gasteiger charge is 2.33. The summed E-state index contributed by atoms with van der Waals surface area (Å²) >= 11 is 0. The molecule has 0 amide bonds. The number of rotatable bonds is 2. The molecule has 0 bridgehead atoms. The minimum Gasteiger partial charge on any atom is -0.309 e. The van der Waals surface area contributed by atoms with Gasteiger partial charge in [-0.05, 0) is 47.0 Å². The zero-order chi connectivity index (χ0) is 21.5. The van der Waals surface area contributed by atoms with E-state index in [4.69, 9.17) is 0 Å². The van der Waals surface area contributed by atoms with Gasteiger partial charge < -0.3 is 5.32 Å². The molecule has 0 saturated carbocycles. The van der Waals surface area contributed by atoms with Crippen molar-refractivity contribution in [1.82, 2.24) is 15.5 Å². The molecule has 1 aromatic heterocycles. The molecule has 1 N–H and O–H groups in total. The lowest BCUT2D eigenvalue weighted by atomic mass is 9.91. The molecule has 0 fully saturated rings. The van der Waals surface area contributed by atoms with Crippen molar-refractivity contribution >= 4 is 5.57 Å². The highest BCUT2D eigenvalue weighted by molar-refractivity contribution is 5.83. The minimum atomic E-state index is -4.65. The van der Waals surface area contributed by atoms with Gasteiger partial charge >= 0.3 is 6.18 Å². The van der Waals surface area contributed by atoms with E-state index in [0.29, 0.717) is 23.2 Å². The normalized spacial score (nSPS) is 14.1. The highest BCUT2D eigenvalue weighted by Crippen LogP contribution is 2.34. The van der Waals surface area contributed by atoms with Crippen molar-refractivity contribution < 1.29 is 26.3 Å². The van der Waals surface area contributed by atoms with Crippen LogP contribution < -0.4 is 5.32 Å². The van der Waals surface area contributed by atoms with Crippen LogP contribution in [0.4, 0.5) is 26.3 Å². The number of aromatic nitrogens is 2. The maximum atomic E-state index is 15.3. The molecule has 0 spiro atoms. The lowest BCUT2D eigenvalue weighted by Gasteiger charge is -2.15. The van der Waals surface area contributed by atoms with E-state index in [0.717, 1.165) is 24.3 Å². The van der Waals surface area contributed by atoms with Crippen molar-refractivity contribution in [3.8, 4) is 11.3 Å². The smallest absolute Gasteiger partial charge is 0.309 e. The number of alkyl halides is 3. The number of halogens is 6. The van der Waals surface area contributed by atoms with Gasteiger partial charge in [-0.15, -0.1) is 10.2 Å². The fourth-order valence-corrected chi connectivity index (χ4v) is 3.29. The Kier molecular flexibility index (Phi) is 5.07. The van der Waals surface area contributed by atoms with Gasteiger partial charge in [0.25, 0.3) is 0 Å². The van der Waals surface area contributed by atoms with Crippen LogP contribution in [0.3, 0.4) is 0 Å². The van der Waals surface area contributed by atoms with Crippen LogP contribution in [0.5, 0.6) is 0 Å². The van der Waals surface area contributed by atoms with Crippen LogP contribution in [0.25, 0.3) is 16.8 Å². The van der Waals surface area contributed by atoms with Crippen LogP contribution in [0.2, 0.25) is 0 Å². The molecule has 3 aromatic rings. The molecule has 0 saturated heterocycles. The second-order valence-electron chi connectivity index (χ2n) is 6.63. The van der Waals surface area contributed by atoms with Crippen LogP contribution in [0.15, 0.2) is 48.5 Å². The predicted octanol–water partition coefficient (Wildman–Crippen LogP) is 5.11. The largest absolute Gasteiger partial charge is 0.435 e. The molecule has 3 nitrogen and oxygen atoms in total. The van der Waals surface area contributed by atoms with Crippen molar-refractivity contribution in [3.63, 3.8) is 0 Å². The van der Waals surface area contributed by atoms with Crippen LogP contribution >= 0.6 is 0 Å². The van der Waals surface area contributed by atoms with E-state index < -0.39 is 29.3 Å². The van der Waals surface area contributed by atoms with Crippen LogP contribution in [-0.4, -0.2) is 16.7 Å². The Bertz CT molecular complexity index is 1140. The first-order valence-corrected chi connectivity index (χ1v) is 8.85. The van der Waals surface area contributed by atoms with Crippen molar-refractivity contribution in [2.45, 2.75) is 12.7 Å². The quantitative estimate of drug-likeness (QED) is 0.584. The summed E-state index contributed by atoms with van der Waals surface area (Å²) in [6.07, 6.45) is -2.92. The van der Waals surface area contributed by atoms with Gasteiger partial charge in [-0.1, -0.05) is 18.2 Å². The first kappa shape index (κ1) is 20.1. The van der Waals surface area contributed by atoms with E-state index in [-0.39, 0.29) is 23.4 Å². The van der Waals surface area contributed by atoms with Gasteiger partial charge in [-0.2, -0.15) is 13.2 Å². The number of benzene rings is 2. The summed E-state index contributed by atoms with van der Waals surface area (Å²) in [5.74, 6) is -2.69. The molecule has 1 aliphatic rings. The average molecular weight is 421 g/mol. The first-order chi connectivity index (χ1) is 14.3.